The maximum absolute atomic E-state index is 14.4. The Labute approximate surface area is 247 Å². The SMILES string of the molecule is Cn1cnc2c3c(N4C[C@H]5CC[C@@H](C4)N5C(=O)OC(C)(C)C)nc(OC[C@@]45CCCN4C[C@H](F)C5)nc3cc(Br)c21. The lowest BCUT2D eigenvalue weighted by molar-refractivity contribution is 0.0122. The Hall–Kier alpha value is -2.73. The van der Waals surface area contributed by atoms with Crippen molar-refractivity contribution in [2.24, 2.45) is 7.05 Å². The number of carbonyl (C=O) groups is 1. The van der Waals surface area contributed by atoms with Gasteiger partial charge in [-0.15, -0.1) is 0 Å². The first-order chi connectivity index (χ1) is 19.5. The standard InChI is InChI=1S/C29H37BrFN7O3/c1-28(2,3)41-27(39)38-18-6-7-19(38)14-36(13-18)25-22-21(10-20(30)24-23(22)32-16-35(24)4)33-26(34-25)40-15-29-8-5-9-37(29)12-17(31)11-29/h10,16-19H,5-9,11-15H2,1-4H3/t17-,18-,19+,29+/m1/s1. The van der Waals surface area contributed by atoms with Gasteiger partial charge in [0.05, 0.1) is 40.4 Å². The third-order valence-electron chi connectivity index (χ3n) is 9.18. The average molecular weight is 631 g/mol. The molecule has 1 amide bonds. The molecule has 6 heterocycles. The molecular formula is C29H37BrFN7O3. The Morgan fingerprint density at radius 2 is 1.95 bits per heavy atom. The van der Waals surface area contributed by atoms with Crippen LogP contribution in [0.1, 0.15) is 52.9 Å². The molecule has 4 atom stereocenters. The third kappa shape index (κ3) is 4.61. The zero-order valence-electron chi connectivity index (χ0n) is 24.1. The highest BCUT2D eigenvalue weighted by Gasteiger charge is 2.50. The number of hydrogen-bond acceptors (Lipinski definition) is 8. The van der Waals surface area contributed by atoms with Gasteiger partial charge in [-0.25, -0.2) is 14.2 Å². The van der Waals surface area contributed by atoms with Crippen molar-refractivity contribution in [2.45, 2.75) is 82.3 Å². The van der Waals surface area contributed by atoms with Gasteiger partial charge in [-0.3, -0.25) is 9.80 Å². The van der Waals surface area contributed by atoms with Crippen LogP contribution in [0, 0.1) is 0 Å². The van der Waals surface area contributed by atoms with Crippen LogP contribution in [0.5, 0.6) is 6.01 Å². The van der Waals surface area contributed by atoms with Crippen LogP contribution in [0.25, 0.3) is 21.9 Å². The van der Waals surface area contributed by atoms with Gasteiger partial charge in [0.25, 0.3) is 0 Å². The van der Waals surface area contributed by atoms with Gasteiger partial charge >= 0.3 is 12.1 Å². The first-order valence-corrected chi connectivity index (χ1v) is 15.4. The maximum Gasteiger partial charge on any atom is 0.410 e. The van der Waals surface area contributed by atoms with Gasteiger partial charge in [0.15, 0.2) is 0 Å². The highest BCUT2D eigenvalue weighted by atomic mass is 79.9. The van der Waals surface area contributed by atoms with Crippen molar-refractivity contribution in [2.75, 3.05) is 37.7 Å². The molecule has 7 rings (SSSR count). The van der Waals surface area contributed by atoms with E-state index >= 15 is 0 Å². The number of aryl methyl sites for hydroxylation is 1. The van der Waals surface area contributed by atoms with Crippen LogP contribution in [-0.4, -0.2) is 97.6 Å². The predicted molar refractivity (Wildman–Crippen MR) is 157 cm³/mol. The first kappa shape index (κ1) is 27.1. The van der Waals surface area contributed by atoms with Gasteiger partial charge in [0.1, 0.15) is 29.7 Å². The minimum absolute atomic E-state index is 0.0265. The van der Waals surface area contributed by atoms with Crippen LogP contribution in [0.15, 0.2) is 16.9 Å². The van der Waals surface area contributed by atoms with Crippen molar-refractivity contribution in [3.8, 4) is 6.01 Å². The topological polar surface area (TPSA) is 88.9 Å². The molecule has 3 aromatic rings. The second-order valence-corrected chi connectivity index (χ2v) is 14.0. The van der Waals surface area contributed by atoms with E-state index < -0.39 is 11.8 Å². The summed E-state index contributed by atoms with van der Waals surface area (Å²) in [5.41, 5.74) is 1.68. The summed E-state index contributed by atoms with van der Waals surface area (Å²) < 4.78 is 29.4. The molecule has 2 bridgehead atoms. The van der Waals surface area contributed by atoms with E-state index in [0.29, 0.717) is 38.7 Å². The van der Waals surface area contributed by atoms with E-state index in [0.717, 1.165) is 64.5 Å². The number of nitrogens with zero attached hydrogens (tertiary/aromatic N) is 7. The Bertz CT molecular complexity index is 1510. The lowest BCUT2D eigenvalue weighted by Gasteiger charge is -2.42. The van der Waals surface area contributed by atoms with Crippen molar-refractivity contribution < 1.29 is 18.7 Å². The predicted octanol–water partition coefficient (Wildman–Crippen LogP) is 4.82. The van der Waals surface area contributed by atoms with E-state index in [1.165, 1.54) is 0 Å². The highest BCUT2D eigenvalue weighted by molar-refractivity contribution is 9.10. The lowest BCUT2D eigenvalue weighted by Crippen LogP contribution is -2.57. The van der Waals surface area contributed by atoms with Crippen molar-refractivity contribution in [1.82, 2.24) is 29.3 Å². The molecule has 0 spiro atoms. The van der Waals surface area contributed by atoms with E-state index in [-0.39, 0.29) is 23.7 Å². The fraction of sp³-hybridized carbons (Fsp3) is 0.655. The molecule has 0 N–H and O–H groups in total. The second kappa shape index (κ2) is 9.65. The number of ether oxygens (including phenoxy) is 2. The summed E-state index contributed by atoms with van der Waals surface area (Å²) in [5, 5.41) is 0.867. The molecule has 0 saturated carbocycles. The highest BCUT2D eigenvalue weighted by Crippen LogP contribution is 2.42. The van der Waals surface area contributed by atoms with Crippen molar-refractivity contribution in [1.29, 1.82) is 0 Å². The number of imidazole rings is 1. The minimum atomic E-state index is -0.822. The molecule has 1 aromatic carbocycles. The molecule has 4 aliphatic heterocycles. The summed E-state index contributed by atoms with van der Waals surface area (Å²) >= 11 is 3.72. The van der Waals surface area contributed by atoms with E-state index in [1.54, 1.807) is 6.33 Å². The molecule has 4 saturated heterocycles. The normalized spacial score (nSPS) is 28.2. The Kier molecular flexibility index (Phi) is 6.39. The zero-order valence-corrected chi connectivity index (χ0v) is 25.7. The molecule has 0 aliphatic carbocycles. The first-order valence-electron chi connectivity index (χ1n) is 14.6. The fourth-order valence-corrected chi connectivity index (χ4v) is 8.17. The minimum Gasteiger partial charge on any atom is -0.461 e. The molecule has 4 aliphatic rings. The van der Waals surface area contributed by atoms with Gasteiger partial charge in [0, 0.05) is 37.6 Å². The summed E-state index contributed by atoms with van der Waals surface area (Å²) in [7, 11) is 1.97. The van der Waals surface area contributed by atoms with E-state index in [2.05, 4.69) is 25.7 Å². The van der Waals surface area contributed by atoms with E-state index in [9.17, 15) is 9.18 Å². The third-order valence-corrected chi connectivity index (χ3v) is 9.78. The molecule has 41 heavy (non-hydrogen) atoms. The lowest BCUT2D eigenvalue weighted by atomic mass is 9.95. The number of amides is 1. The molecule has 10 nitrogen and oxygen atoms in total. The molecule has 0 unspecified atom stereocenters. The summed E-state index contributed by atoms with van der Waals surface area (Å²) in [6, 6.07) is 2.34. The van der Waals surface area contributed by atoms with Crippen molar-refractivity contribution in [3.05, 3.63) is 16.9 Å². The number of aromatic nitrogens is 4. The number of hydrogen-bond donors (Lipinski definition) is 0. The summed E-state index contributed by atoms with van der Waals surface area (Å²) in [5.74, 6) is 0.762. The summed E-state index contributed by atoms with van der Waals surface area (Å²) in [4.78, 5) is 34.1. The number of fused-ring (bicyclic) bond motifs is 6. The van der Waals surface area contributed by atoms with Crippen LogP contribution < -0.4 is 9.64 Å². The smallest absolute Gasteiger partial charge is 0.410 e. The molecule has 0 radical (unpaired) electrons. The number of alkyl halides is 1. The number of rotatable bonds is 4. The molecule has 220 valence electrons. The van der Waals surface area contributed by atoms with Crippen LogP contribution >= 0.6 is 15.9 Å². The quantitative estimate of drug-likeness (QED) is 0.406. The van der Waals surface area contributed by atoms with Crippen LogP contribution in [0.4, 0.5) is 15.0 Å². The number of carbonyl (C=O) groups excluding carboxylic acids is 1. The molecule has 2 aromatic heterocycles. The number of halogens is 2. The molecular weight excluding hydrogens is 593 g/mol. The monoisotopic (exact) mass is 629 g/mol. The number of anilines is 1. The van der Waals surface area contributed by atoms with Gasteiger partial charge in [0.2, 0.25) is 0 Å². The molecule has 4 fully saturated rings. The van der Waals surface area contributed by atoms with Crippen molar-refractivity contribution in [3.63, 3.8) is 0 Å². The maximum atomic E-state index is 14.4. The Balaban J connectivity index is 1.26. The molecule has 12 heteroatoms. The van der Waals surface area contributed by atoms with E-state index in [1.807, 2.05) is 43.4 Å². The fourth-order valence-electron chi connectivity index (χ4n) is 7.49. The van der Waals surface area contributed by atoms with Crippen molar-refractivity contribution >= 4 is 49.8 Å². The second-order valence-electron chi connectivity index (χ2n) is 13.2. The Morgan fingerprint density at radius 3 is 2.68 bits per heavy atom. The number of benzene rings is 1. The Morgan fingerprint density at radius 1 is 1.20 bits per heavy atom. The largest absolute Gasteiger partial charge is 0.461 e. The number of piperazine rings is 1. The summed E-state index contributed by atoms with van der Waals surface area (Å²) in [6.45, 7) is 8.71. The van der Waals surface area contributed by atoms with E-state index in [4.69, 9.17) is 24.4 Å². The van der Waals surface area contributed by atoms with Gasteiger partial charge in [-0.05, 0) is 75.0 Å². The zero-order chi connectivity index (χ0) is 28.7. The van der Waals surface area contributed by atoms with Crippen LogP contribution in [-0.2, 0) is 11.8 Å². The van der Waals surface area contributed by atoms with Gasteiger partial charge in [-0.1, -0.05) is 0 Å². The van der Waals surface area contributed by atoms with Gasteiger partial charge in [-0.2, -0.15) is 9.97 Å². The van der Waals surface area contributed by atoms with Crippen LogP contribution in [0.2, 0.25) is 0 Å². The summed E-state index contributed by atoms with van der Waals surface area (Å²) in [6.07, 6.45) is 5.02. The van der Waals surface area contributed by atoms with Gasteiger partial charge < -0.3 is 18.9 Å². The average Bonchev–Trinajstić information content (AvgIpc) is 3.61. The van der Waals surface area contributed by atoms with Crippen LogP contribution in [0.3, 0.4) is 0 Å².